The second kappa shape index (κ2) is 14.0. The molecule has 234 valence electrons. The summed E-state index contributed by atoms with van der Waals surface area (Å²) in [6.07, 6.45) is 25.9. The largest absolute Gasteiger partial charge is 0.393 e. The van der Waals surface area contributed by atoms with Gasteiger partial charge >= 0.3 is 0 Å². The first-order valence-corrected chi connectivity index (χ1v) is 16.0. The summed E-state index contributed by atoms with van der Waals surface area (Å²) in [6, 6.07) is 0. The maximum atomic E-state index is 10.3. The predicted molar refractivity (Wildman–Crippen MR) is 182 cm³/mol. The van der Waals surface area contributed by atoms with Gasteiger partial charge in [0.05, 0.1) is 12.2 Å². The van der Waals surface area contributed by atoms with Gasteiger partial charge in [0.15, 0.2) is 0 Å². The average Bonchev–Trinajstić information content (AvgIpc) is 3.49. The fourth-order valence-corrected chi connectivity index (χ4v) is 7.11. The second-order valence-electron chi connectivity index (χ2n) is 14.7. The highest BCUT2D eigenvalue weighted by atomic mass is 16.6. The summed E-state index contributed by atoms with van der Waals surface area (Å²) in [5, 5.41) is 20.3. The second-order valence-corrected chi connectivity index (χ2v) is 14.7. The Hall–Kier alpha value is -2.64. The molecule has 3 rings (SSSR count). The molecule has 4 atom stereocenters. The van der Waals surface area contributed by atoms with Crippen molar-refractivity contribution in [2.45, 2.75) is 131 Å². The maximum absolute atomic E-state index is 10.3. The van der Waals surface area contributed by atoms with E-state index in [4.69, 9.17) is 4.74 Å². The van der Waals surface area contributed by atoms with Crippen molar-refractivity contribution in [2.75, 3.05) is 0 Å². The van der Waals surface area contributed by atoms with E-state index in [1.54, 1.807) is 0 Å². The first-order valence-electron chi connectivity index (χ1n) is 16.0. The molecule has 3 aliphatic rings. The van der Waals surface area contributed by atoms with Gasteiger partial charge in [-0.25, -0.2) is 0 Å². The summed E-state index contributed by atoms with van der Waals surface area (Å²) in [4.78, 5) is 0. The van der Waals surface area contributed by atoms with E-state index in [0.29, 0.717) is 6.42 Å². The van der Waals surface area contributed by atoms with E-state index >= 15 is 0 Å². The highest BCUT2D eigenvalue weighted by Crippen LogP contribution is 2.66. The number of aliphatic hydroxyl groups is 2. The molecule has 0 aromatic rings. The van der Waals surface area contributed by atoms with E-state index in [1.807, 2.05) is 6.92 Å². The number of rotatable bonds is 9. The number of hydrogen-bond acceptors (Lipinski definition) is 3. The third kappa shape index (κ3) is 8.95. The molecule has 0 unspecified atom stereocenters. The average molecular weight is 585 g/mol. The molecule has 2 N–H and O–H groups in total. The molecule has 0 aromatic heterocycles. The van der Waals surface area contributed by atoms with Gasteiger partial charge in [0.2, 0.25) is 0 Å². The van der Waals surface area contributed by atoms with Crippen molar-refractivity contribution >= 4 is 0 Å². The van der Waals surface area contributed by atoms with Crippen molar-refractivity contribution in [3.63, 3.8) is 0 Å². The molecule has 0 radical (unpaired) electrons. The van der Waals surface area contributed by atoms with Crippen molar-refractivity contribution in [2.24, 2.45) is 10.8 Å². The van der Waals surface area contributed by atoms with Gasteiger partial charge in [-0.15, -0.1) is 0 Å². The van der Waals surface area contributed by atoms with Gasteiger partial charge in [0.1, 0.15) is 11.2 Å². The Bertz CT molecular complexity index is 1340. The van der Waals surface area contributed by atoms with Gasteiger partial charge in [-0.2, -0.15) is 0 Å². The summed E-state index contributed by atoms with van der Waals surface area (Å²) < 4.78 is 6.26. The van der Waals surface area contributed by atoms with Gasteiger partial charge in [-0.1, -0.05) is 117 Å². The minimum Gasteiger partial charge on any atom is -0.393 e. The summed E-state index contributed by atoms with van der Waals surface area (Å²) in [5.41, 5.74) is 6.50. The standard InChI is InChI=1S/C40H56O3/c1-29(17-13-19-31(3)21-22-36-33(5)25-34(41)26-37(36,6)7)15-11-12-16-30(2)18-14-20-32(4)23-24-40-38(8,9)27-35(42)28-39(40,10)43-40/h11-13,15-17,19-20,23-24,34-35,41-42H,14,18,25-28H2,1-10H3/b12-11+,17-13+,24-23+,29-15+,30-16+,31-19+,32-20+/t34-,35+,39-,40+/m1/s1. The molecule has 2 fully saturated rings. The molecule has 0 amide bonds. The monoisotopic (exact) mass is 584 g/mol. The Balaban J connectivity index is 1.46. The molecule has 3 heteroatoms. The lowest BCUT2D eigenvalue weighted by molar-refractivity contribution is 0.0515. The van der Waals surface area contributed by atoms with Gasteiger partial charge in [0.25, 0.3) is 0 Å². The zero-order valence-electron chi connectivity index (χ0n) is 28.5. The quantitative estimate of drug-likeness (QED) is 0.161. The topological polar surface area (TPSA) is 53.0 Å². The van der Waals surface area contributed by atoms with Crippen LogP contribution in [0.5, 0.6) is 0 Å². The van der Waals surface area contributed by atoms with E-state index in [9.17, 15) is 10.2 Å². The van der Waals surface area contributed by atoms with E-state index in [-0.39, 0.29) is 34.2 Å². The molecule has 0 bridgehead atoms. The van der Waals surface area contributed by atoms with Crippen molar-refractivity contribution in [3.05, 3.63) is 94.2 Å². The molecule has 1 aliphatic heterocycles. The van der Waals surface area contributed by atoms with Crippen LogP contribution in [0.3, 0.4) is 0 Å². The summed E-state index contributed by atoms with van der Waals surface area (Å²) in [5.74, 6) is 6.69. The molecule has 0 aromatic carbocycles. The first kappa shape index (κ1) is 34.8. The van der Waals surface area contributed by atoms with Gasteiger partial charge in [0, 0.05) is 22.8 Å². The molecule has 3 nitrogen and oxygen atoms in total. The predicted octanol–water partition coefficient (Wildman–Crippen LogP) is 9.43. The summed E-state index contributed by atoms with van der Waals surface area (Å²) >= 11 is 0. The number of aliphatic hydroxyl groups excluding tert-OH is 2. The van der Waals surface area contributed by atoms with E-state index < -0.39 is 0 Å². The van der Waals surface area contributed by atoms with Crippen LogP contribution in [0, 0.1) is 22.7 Å². The molecule has 0 spiro atoms. The minimum atomic E-state index is -0.281. The zero-order chi connectivity index (χ0) is 32.1. The minimum absolute atomic E-state index is 0.0787. The third-order valence-corrected chi connectivity index (χ3v) is 9.42. The van der Waals surface area contributed by atoms with Crippen LogP contribution in [0.15, 0.2) is 94.2 Å². The SMILES string of the molecule is CC1=C(C#C/C(C)=C/C=C/C(C)=C/C=C/C=C(\C)CC/C=C(C)/C=C/[C@@]23O[C@]2(C)C[C@@H](O)CC3(C)C)C(C)(C)C[C@H](O)C1. The van der Waals surface area contributed by atoms with Crippen molar-refractivity contribution < 1.29 is 14.9 Å². The Morgan fingerprint density at radius 1 is 0.860 bits per heavy atom. The number of epoxide rings is 1. The molecule has 43 heavy (non-hydrogen) atoms. The summed E-state index contributed by atoms with van der Waals surface area (Å²) in [7, 11) is 0. The smallest absolute Gasteiger partial charge is 0.121 e. The van der Waals surface area contributed by atoms with Crippen molar-refractivity contribution in [1.29, 1.82) is 0 Å². The van der Waals surface area contributed by atoms with Crippen LogP contribution in [-0.4, -0.2) is 33.6 Å². The molecule has 1 saturated carbocycles. The van der Waals surface area contributed by atoms with Crippen molar-refractivity contribution in [1.82, 2.24) is 0 Å². The Labute approximate surface area is 262 Å². The van der Waals surface area contributed by atoms with Crippen LogP contribution >= 0.6 is 0 Å². The molecule has 1 heterocycles. The Morgan fingerprint density at radius 2 is 1.56 bits per heavy atom. The Morgan fingerprint density at radius 3 is 2.23 bits per heavy atom. The summed E-state index contributed by atoms with van der Waals surface area (Å²) in [6.45, 7) is 21.5. The lowest BCUT2D eigenvalue weighted by atomic mass is 9.63. The number of ether oxygens (including phenoxy) is 1. The number of hydrogen-bond donors (Lipinski definition) is 2. The Kier molecular flexibility index (Phi) is 11.3. The molecule has 1 saturated heterocycles. The fraction of sp³-hybridized carbons (Fsp3) is 0.550. The zero-order valence-corrected chi connectivity index (χ0v) is 28.5. The van der Waals surface area contributed by atoms with E-state index in [1.165, 1.54) is 27.9 Å². The lowest BCUT2D eigenvalue weighted by Gasteiger charge is -2.39. The fourth-order valence-electron chi connectivity index (χ4n) is 7.11. The van der Waals surface area contributed by atoms with Gasteiger partial charge in [-0.3, -0.25) is 0 Å². The molecule has 2 aliphatic carbocycles. The van der Waals surface area contributed by atoms with E-state index in [2.05, 4.69) is 135 Å². The normalized spacial score (nSPS) is 31.5. The van der Waals surface area contributed by atoms with Crippen LogP contribution in [-0.2, 0) is 4.74 Å². The number of fused-ring (bicyclic) bond motifs is 1. The first-order chi connectivity index (χ1) is 20.0. The van der Waals surface area contributed by atoms with E-state index in [0.717, 1.165) is 37.7 Å². The van der Waals surface area contributed by atoms with Crippen LogP contribution < -0.4 is 0 Å². The van der Waals surface area contributed by atoms with Gasteiger partial charge < -0.3 is 14.9 Å². The molecular weight excluding hydrogens is 528 g/mol. The van der Waals surface area contributed by atoms with Crippen molar-refractivity contribution in [3.8, 4) is 11.8 Å². The third-order valence-electron chi connectivity index (χ3n) is 9.42. The molecular formula is C40H56O3. The van der Waals surface area contributed by atoms with Crippen LogP contribution in [0.25, 0.3) is 0 Å². The maximum Gasteiger partial charge on any atom is 0.121 e. The van der Waals surface area contributed by atoms with Crippen LogP contribution in [0.4, 0.5) is 0 Å². The van der Waals surface area contributed by atoms with Crippen LogP contribution in [0.2, 0.25) is 0 Å². The highest BCUT2D eigenvalue weighted by Gasteiger charge is 2.74. The number of allylic oxidation sites excluding steroid dienone is 14. The lowest BCUT2D eigenvalue weighted by Crippen LogP contribution is -2.46. The highest BCUT2D eigenvalue weighted by molar-refractivity contribution is 5.45. The van der Waals surface area contributed by atoms with Gasteiger partial charge in [-0.05, 0) is 85.3 Å². The van der Waals surface area contributed by atoms with Crippen LogP contribution in [0.1, 0.15) is 108 Å².